The van der Waals surface area contributed by atoms with Crippen molar-refractivity contribution in [3.05, 3.63) is 89.6 Å². The predicted octanol–water partition coefficient (Wildman–Crippen LogP) is 5.08. The monoisotopic (exact) mass is 659 g/mol. The number of carbonyl (C=O) groups is 2. The Morgan fingerprint density at radius 3 is 2.11 bits per heavy atom. The lowest BCUT2D eigenvalue weighted by molar-refractivity contribution is -0.141. The Hall–Kier alpha value is -4.88. The van der Waals surface area contributed by atoms with Crippen LogP contribution in [0.1, 0.15) is 32.2 Å². The first-order valence-corrected chi connectivity index (χ1v) is 15.4. The molecule has 2 aliphatic heterocycles. The van der Waals surface area contributed by atoms with E-state index in [-0.39, 0.29) is 17.9 Å². The molecule has 0 aliphatic carbocycles. The maximum atomic E-state index is 12.3. The molecule has 14 heteroatoms. The number of aromatic nitrogens is 4. The van der Waals surface area contributed by atoms with Gasteiger partial charge in [-0.2, -0.15) is 0 Å². The number of anilines is 5. The van der Waals surface area contributed by atoms with Gasteiger partial charge in [-0.3, -0.25) is 14.8 Å². The molecule has 46 heavy (non-hydrogen) atoms. The SMILES string of the molecule is CC1C(=S)Nc2ccc(Cl)nc2N1Cc1ccccn1.COC(=O)C(C)Nc1ccc2c(n1)N(Cc1ccccn1)C(C)C(=O)N2. The normalized spacial score (nSPS) is 17.3. The number of nitrogens with zero attached hydrogens (tertiary/aromatic N) is 6. The number of ether oxygens (including phenoxy) is 1. The fourth-order valence-corrected chi connectivity index (χ4v) is 5.31. The van der Waals surface area contributed by atoms with Crippen molar-refractivity contribution in [2.24, 2.45) is 0 Å². The second-order valence-corrected chi connectivity index (χ2v) is 11.5. The molecule has 0 aromatic carbocycles. The van der Waals surface area contributed by atoms with Crippen LogP contribution in [-0.4, -0.2) is 62.0 Å². The highest BCUT2D eigenvalue weighted by Gasteiger charge is 2.32. The number of nitrogens with one attached hydrogen (secondary N) is 3. The molecule has 3 unspecified atom stereocenters. The van der Waals surface area contributed by atoms with E-state index in [4.69, 9.17) is 28.6 Å². The Morgan fingerprint density at radius 2 is 1.50 bits per heavy atom. The van der Waals surface area contributed by atoms with Gasteiger partial charge in [-0.15, -0.1) is 0 Å². The lowest BCUT2D eigenvalue weighted by Crippen LogP contribution is -2.46. The molecule has 1 amide bonds. The van der Waals surface area contributed by atoms with Gasteiger partial charge in [0.2, 0.25) is 5.91 Å². The predicted molar refractivity (Wildman–Crippen MR) is 183 cm³/mol. The Morgan fingerprint density at radius 1 is 0.913 bits per heavy atom. The highest BCUT2D eigenvalue weighted by Crippen LogP contribution is 2.34. The third kappa shape index (κ3) is 7.49. The second-order valence-electron chi connectivity index (χ2n) is 10.7. The maximum absolute atomic E-state index is 12.3. The molecule has 4 aromatic rings. The van der Waals surface area contributed by atoms with Gasteiger partial charge in [0.1, 0.15) is 28.0 Å². The number of rotatable bonds is 7. The lowest BCUT2D eigenvalue weighted by Gasteiger charge is -2.36. The van der Waals surface area contributed by atoms with E-state index in [1.807, 2.05) is 61.2 Å². The van der Waals surface area contributed by atoms with Gasteiger partial charge in [-0.1, -0.05) is 36.0 Å². The van der Waals surface area contributed by atoms with Crippen molar-refractivity contribution in [1.29, 1.82) is 0 Å². The van der Waals surface area contributed by atoms with E-state index in [1.165, 1.54) is 7.11 Å². The number of fused-ring (bicyclic) bond motifs is 2. The number of esters is 1. The van der Waals surface area contributed by atoms with Crippen molar-refractivity contribution in [2.45, 2.75) is 52.0 Å². The van der Waals surface area contributed by atoms with Crippen molar-refractivity contribution < 1.29 is 14.3 Å². The van der Waals surface area contributed by atoms with Crippen molar-refractivity contribution in [3.63, 3.8) is 0 Å². The largest absolute Gasteiger partial charge is 0.467 e. The van der Waals surface area contributed by atoms with Crippen LogP contribution in [0.5, 0.6) is 0 Å². The summed E-state index contributed by atoms with van der Waals surface area (Å²) in [6.07, 6.45) is 3.50. The number of amides is 1. The standard InChI is InChI=1S/C18H21N5O3.C14H13ClN4S/c1-11(18(25)26-3)20-15-8-7-14-16(22-15)23(12(2)17(24)21-14)10-13-6-4-5-9-19-13;1-9-14(20)17-11-5-6-12(15)18-13(11)19(9)8-10-4-2-3-7-16-10/h4-9,11-12H,10H2,1-3H3,(H,20,22)(H,21,24);2-7,9H,8H2,1H3,(H,17,20). The summed E-state index contributed by atoms with van der Waals surface area (Å²) in [6.45, 7) is 6.66. The van der Waals surface area contributed by atoms with Gasteiger partial charge < -0.3 is 30.5 Å². The van der Waals surface area contributed by atoms with Gasteiger partial charge in [0.15, 0.2) is 11.6 Å². The summed E-state index contributed by atoms with van der Waals surface area (Å²) in [7, 11) is 1.34. The van der Waals surface area contributed by atoms with E-state index >= 15 is 0 Å². The topological polar surface area (TPSA) is 138 Å². The number of halogens is 1. The van der Waals surface area contributed by atoms with Crippen LogP contribution in [0.2, 0.25) is 5.15 Å². The van der Waals surface area contributed by atoms with Crippen LogP contribution in [0.3, 0.4) is 0 Å². The van der Waals surface area contributed by atoms with E-state index < -0.39 is 12.1 Å². The van der Waals surface area contributed by atoms with Crippen LogP contribution >= 0.6 is 23.8 Å². The molecule has 3 N–H and O–H groups in total. The molecule has 0 spiro atoms. The first-order valence-electron chi connectivity index (χ1n) is 14.6. The quantitative estimate of drug-likeness (QED) is 0.139. The number of carbonyl (C=O) groups excluding carboxylic acids is 2. The minimum Gasteiger partial charge on any atom is -0.467 e. The fraction of sp³-hybridized carbons (Fsp3) is 0.281. The third-order valence-corrected chi connectivity index (χ3v) is 8.16. The van der Waals surface area contributed by atoms with Gasteiger partial charge in [0, 0.05) is 12.4 Å². The molecule has 238 valence electrons. The third-order valence-electron chi connectivity index (χ3n) is 7.51. The summed E-state index contributed by atoms with van der Waals surface area (Å²) in [5.74, 6) is 1.49. The molecule has 0 fully saturated rings. The number of pyridine rings is 4. The summed E-state index contributed by atoms with van der Waals surface area (Å²) >= 11 is 11.4. The average molecular weight is 660 g/mol. The molecule has 12 nitrogen and oxygen atoms in total. The minimum atomic E-state index is -0.537. The minimum absolute atomic E-state index is 0.0467. The fourth-order valence-electron chi connectivity index (χ4n) is 4.92. The molecule has 0 radical (unpaired) electrons. The summed E-state index contributed by atoms with van der Waals surface area (Å²) in [5, 5.41) is 9.54. The molecule has 2 aliphatic rings. The van der Waals surface area contributed by atoms with E-state index in [0.717, 1.165) is 27.9 Å². The van der Waals surface area contributed by atoms with Crippen molar-refractivity contribution >= 4 is 69.5 Å². The van der Waals surface area contributed by atoms with Gasteiger partial charge in [-0.25, -0.2) is 14.8 Å². The summed E-state index contributed by atoms with van der Waals surface area (Å²) in [5.41, 5.74) is 3.31. The molecule has 0 saturated carbocycles. The zero-order valence-electron chi connectivity index (χ0n) is 25.8. The molecular weight excluding hydrogens is 626 g/mol. The first kappa shape index (κ1) is 32.5. The molecule has 0 saturated heterocycles. The first-order chi connectivity index (χ1) is 22.1. The van der Waals surface area contributed by atoms with E-state index in [0.29, 0.717) is 35.6 Å². The van der Waals surface area contributed by atoms with Crippen LogP contribution in [0, 0.1) is 0 Å². The van der Waals surface area contributed by atoms with Crippen LogP contribution in [-0.2, 0) is 27.4 Å². The Bertz CT molecular complexity index is 1710. The maximum Gasteiger partial charge on any atom is 0.328 e. The lowest BCUT2D eigenvalue weighted by atomic mass is 10.1. The molecule has 0 bridgehead atoms. The smallest absolute Gasteiger partial charge is 0.328 e. The van der Waals surface area contributed by atoms with Crippen molar-refractivity contribution in [3.8, 4) is 0 Å². The van der Waals surface area contributed by atoms with E-state index in [1.54, 1.807) is 37.5 Å². The van der Waals surface area contributed by atoms with E-state index in [2.05, 4.69) is 40.8 Å². The van der Waals surface area contributed by atoms with Crippen molar-refractivity contribution in [2.75, 3.05) is 32.9 Å². The molecule has 6 rings (SSSR count). The Balaban J connectivity index is 0.000000187. The summed E-state index contributed by atoms with van der Waals surface area (Å²) in [4.78, 5) is 46.4. The average Bonchev–Trinajstić information content (AvgIpc) is 3.06. The zero-order valence-corrected chi connectivity index (χ0v) is 27.3. The van der Waals surface area contributed by atoms with E-state index in [9.17, 15) is 9.59 Å². The van der Waals surface area contributed by atoms with Crippen LogP contribution in [0.4, 0.5) is 28.8 Å². The van der Waals surface area contributed by atoms with Crippen LogP contribution < -0.4 is 25.8 Å². The van der Waals surface area contributed by atoms with Crippen molar-refractivity contribution in [1.82, 2.24) is 19.9 Å². The van der Waals surface area contributed by atoms with Gasteiger partial charge in [0.25, 0.3) is 0 Å². The molecule has 6 heterocycles. The Kier molecular flexibility index (Phi) is 10.2. The van der Waals surface area contributed by atoms with Gasteiger partial charge in [-0.05, 0) is 69.3 Å². The van der Waals surface area contributed by atoms with Crippen LogP contribution in [0.25, 0.3) is 0 Å². The summed E-state index contributed by atoms with van der Waals surface area (Å²) < 4.78 is 4.72. The second kappa shape index (κ2) is 14.5. The molecule has 4 aromatic heterocycles. The number of thiocarbonyl (C=S) groups is 1. The van der Waals surface area contributed by atoms with Crippen LogP contribution in [0.15, 0.2) is 73.1 Å². The molecule has 3 atom stereocenters. The highest BCUT2D eigenvalue weighted by molar-refractivity contribution is 7.80. The molecular formula is C32H34ClN9O3S. The highest BCUT2D eigenvalue weighted by atomic mass is 35.5. The number of methoxy groups -OCH3 is 1. The Labute approximate surface area is 277 Å². The number of hydrogen-bond donors (Lipinski definition) is 3. The number of hydrogen-bond acceptors (Lipinski definition) is 11. The van der Waals surface area contributed by atoms with Gasteiger partial charge >= 0.3 is 5.97 Å². The zero-order chi connectivity index (χ0) is 32.8. The van der Waals surface area contributed by atoms with Gasteiger partial charge in [0.05, 0.1) is 49.0 Å². The summed E-state index contributed by atoms with van der Waals surface area (Å²) in [6, 6.07) is 17.8.